The van der Waals surface area contributed by atoms with E-state index < -0.39 is 4.92 Å². The molecule has 1 aromatic rings. The number of nitro benzene ring substituents is 1. The van der Waals surface area contributed by atoms with E-state index >= 15 is 0 Å². The standard InChI is InChI=1S/C16H22N2O3/c1-3-13-5-4-9-17(10-8-13)14-6-7-15(12(2)19)16(11-14)18(20)21/h6-7,11,13H,3-5,8-10H2,1-2H3. The molecule has 1 fully saturated rings. The van der Waals surface area contributed by atoms with Gasteiger partial charge in [0.25, 0.3) is 5.69 Å². The highest BCUT2D eigenvalue weighted by Gasteiger charge is 2.21. The lowest BCUT2D eigenvalue weighted by Gasteiger charge is -2.23. The Hall–Kier alpha value is -1.91. The number of ketones is 1. The van der Waals surface area contributed by atoms with Crippen molar-refractivity contribution in [1.29, 1.82) is 0 Å². The summed E-state index contributed by atoms with van der Waals surface area (Å²) in [7, 11) is 0. The Morgan fingerprint density at radius 3 is 2.76 bits per heavy atom. The van der Waals surface area contributed by atoms with Crippen molar-refractivity contribution in [3.63, 3.8) is 0 Å². The van der Waals surface area contributed by atoms with E-state index in [1.165, 1.54) is 19.8 Å². The first-order valence-corrected chi connectivity index (χ1v) is 7.57. The predicted octanol–water partition coefficient (Wildman–Crippen LogP) is 3.81. The third-order valence-electron chi connectivity index (χ3n) is 4.35. The van der Waals surface area contributed by atoms with Gasteiger partial charge in [-0.15, -0.1) is 0 Å². The zero-order chi connectivity index (χ0) is 15.4. The fourth-order valence-electron chi connectivity index (χ4n) is 3.00. The quantitative estimate of drug-likeness (QED) is 0.480. The second kappa shape index (κ2) is 6.70. The molecular formula is C16H22N2O3. The molecule has 0 bridgehead atoms. The number of rotatable bonds is 4. The first kappa shape index (κ1) is 15.5. The van der Waals surface area contributed by atoms with Crippen LogP contribution < -0.4 is 4.90 Å². The maximum atomic E-state index is 11.5. The van der Waals surface area contributed by atoms with E-state index in [9.17, 15) is 14.9 Å². The Labute approximate surface area is 125 Å². The van der Waals surface area contributed by atoms with Crippen LogP contribution in [-0.2, 0) is 0 Å². The van der Waals surface area contributed by atoms with Crippen molar-refractivity contribution in [2.45, 2.75) is 39.5 Å². The van der Waals surface area contributed by atoms with Gasteiger partial charge >= 0.3 is 0 Å². The van der Waals surface area contributed by atoms with Gasteiger partial charge in [0.05, 0.1) is 10.5 Å². The summed E-state index contributed by atoms with van der Waals surface area (Å²) >= 11 is 0. The largest absolute Gasteiger partial charge is 0.371 e. The minimum Gasteiger partial charge on any atom is -0.371 e. The van der Waals surface area contributed by atoms with E-state index in [1.54, 1.807) is 12.1 Å². The van der Waals surface area contributed by atoms with Gasteiger partial charge in [-0.3, -0.25) is 14.9 Å². The van der Waals surface area contributed by atoms with Gasteiger partial charge in [0, 0.05) is 24.8 Å². The van der Waals surface area contributed by atoms with Crippen LogP contribution in [0.4, 0.5) is 11.4 Å². The molecule has 0 amide bonds. The maximum absolute atomic E-state index is 11.5. The molecular weight excluding hydrogens is 268 g/mol. The number of benzene rings is 1. The van der Waals surface area contributed by atoms with E-state index in [1.807, 2.05) is 6.07 Å². The molecule has 0 spiro atoms. The second-order valence-electron chi connectivity index (χ2n) is 5.71. The van der Waals surface area contributed by atoms with Gasteiger partial charge in [0.15, 0.2) is 5.78 Å². The van der Waals surface area contributed by atoms with Crippen LogP contribution >= 0.6 is 0 Å². The normalized spacial score (nSPS) is 19.1. The Morgan fingerprint density at radius 2 is 2.14 bits per heavy atom. The van der Waals surface area contributed by atoms with Gasteiger partial charge < -0.3 is 4.90 Å². The summed E-state index contributed by atoms with van der Waals surface area (Å²) in [5.74, 6) is 0.483. The van der Waals surface area contributed by atoms with Crippen molar-refractivity contribution in [3.8, 4) is 0 Å². The predicted molar refractivity (Wildman–Crippen MR) is 82.9 cm³/mol. The molecule has 21 heavy (non-hydrogen) atoms. The zero-order valence-electron chi connectivity index (χ0n) is 12.7. The van der Waals surface area contributed by atoms with E-state index in [0.29, 0.717) is 0 Å². The van der Waals surface area contributed by atoms with E-state index in [2.05, 4.69) is 11.8 Å². The van der Waals surface area contributed by atoms with Gasteiger partial charge in [-0.25, -0.2) is 0 Å². The van der Waals surface area contributed by atoms with E-state index in [4.69, 9.17) is 0 Å². The average molecular weight is 290 g/mol. The van der Waals surface area contributed by atoms with Crippen LogP contribution in [0.3, 0.4) is 0 Å². The van der Waals surface area contributed by atoms with Crippen molar-refractivity contribution in [3.05, 3.63) is 33.9 Å². The fraction of sp³-hybridized carbons (Fsp3) is 0.562. The smallest absolute Gasteiger partial charge is 0.282 e. The second-order valence-corrected chi connectivity index (χ2v) is 5.71. The summed E-state index contributed by atoms with van der Waals surface area (Å²) in [6.45, 7) is 5.43. The van der Waals surface area contributed by atoms with Crippen LogP contribution in [0.5, 0.6) is 0 Å². The Kier molecular flexibility index (Phi) is 4.94. The third-order valence-corrected chi connectivity index (χ3v) is 4.35. The summed E-state index contributed by atoms with van der Waals surface area (Å²) < 4.78 is 0. The fourth-order valence-corrected chi connectivity index (χ4v) is 3.00. The highest BCUT2D eigenvalue weighted by molar-refractivity contribution is 5.98. The molecule has 5 nitrogen and oxygen atoms in total. The van der Waals surface area contributed by atoms with E-state index in [0.717, 1.165) is 37.5 Å². The molecule has 114 valence electrons. The molecule has 1 aliphatic rings. The van der Waals surface area contributed by atoms with Crippen molar-refractivity contribution in [2.24, 2.45) is 5.92 Å². The van der Waals surface area contributed by atoms with Gasteiger partial charge in [-0.05, 0) is 44.2 Å². The lowest BCUT2D eigenvalue weighted by atomic mass is 9.98. The van der Waals surface area contributed by atoms with Crippen LogP contribution in [0.2, 0.25) is 0 Å². The van der Waals surface area contributed by atoms with Crippen LogP contribution in [0.25, 0.3) is 0 Å². The number of carbonyl (C=O) groups is 1. The molecule has 1 heterocycles. The average Bonchev–Trinajstić information content (AvgIpc) is 2.71. The SMILES string of the molecule is CCC1CCCN(c2ccc(C(C)=O)c([N+](=O)[O-])c2)CC1. The highest BCUT2D eigenvalue weighted by Crippen LogP contribution is 2.29. The lowest BCUT2D eigenvalue weighted by Crippen LogP contribution is -2.24. The van der Waals surface area contributed by atoms with Crippen molar-refractivity contribution in [1.82, 2.24) is 0 Å². The van der Waals surface area contributed by atoms with E-state index in [-0.39, 0.29) is 17.0 Å². The zero-order valence-corrected chi connectivity index (χ0v) is 12.7. The minimum atomic E-state index is -0.465. The number of anilines is 1. The number of nitro groups is 1. The van der Waals surface area contributed by atoms with Gasteiger partial charge in [-0.1, -0.05) is 13.3 Å². The summed E-state index contributed by atoms with van der Waals surface area (Å²) in [5, 5.41) is 11.2. The maximum Gasteiger partial charge on any atom is 0.282 e. The summed E-state index contributed by atoms with van der Waals surface area (Å²) in [5.41, 5.74) is 0.949. The monoisotopic (exact) mass is 290 g/mol. The summed E-state index contributed by atoms with van der Waals surface area (Å²) in [4.78, 5) is 24.4. The first-order valence-electron chi connectivity index (χ1n) is 7.57. The first-order chi connectivity index (χ1) is 10.0. The number of carbonyl (C=O) groups excluding carboxylic acids is 1. The summed E-state index contributed by atoms with van der Waals surface area (Å²) in [6, 6.07) is 4.96. The number of hydrogen-bond donors (Lipinski definition) is 0. The van der Waals surface area contributed by atoms with Crippen LogP contribution in [0.15, 0.2) is 18.2 Å². The number of hydrogen-bond acceptors (Lipinski definition) is 4. The molecule has 5 heteroatoms. The minimum absolute atomic E-state index is 0.0868. The molecule has 0 N–H and O–H groups in total. The third kappa shape index (κ3) is 3.60. The molecule has 2 rings (SSSR count). The molecule has 1 aliphatic heterocycles. The molecule has 1 unspecified atom stereocenters. The molecule has 0 aromatic heterocycles. The lowest BCUT2D eigenvalue weighted by molar-refractivity contribution is -0.385. The van der Waals surface area contributed by atoms with Crippen molar-refractivity contribution < 1.29 is 9.72 Å². The molecule has 0 radical (unpaired) electrons. The van der Waals surface area contributed by atoms with Crippen LogP contribution in [0.1, 0.15) is 49.9 Å². The number of nitrogens with zero attached hydrogens (tertiary/aromatic N) is 2. The molecule has 1 atom stereocenters. The Bertz CT molecular complexity index is 542. The van der Waals surface area contributed by atoms with Crippen molar-refractivity contribution in [2.75, 3.05) is 18.0 Å². The summed E-state index contributed by atoms with van der Waals surface area (Å²) in [6.07, 6.45) is 4.65. The van der Waals surface area contributed by atoms with Crippen LogP contribution in [0, 0.1) is 16.0 Å². The molecule has 1 aromatic carbocycles. The van der Waals surface area contributed by atoms with Crippen LogP contribution in [-0.4, -0.2) is 23.8 Å². The van der Waals surface area contributed by atoms with Gasteiger partial charge in [0.1, 0.15) is 0 Å². The number of Topliss-reactive ketones (excluding diaryl/α,β-unsaturated/α-hetero) is 1. The Morgan fingerprint density at radius 1 is 1.38 bits per heavy atom. The van der Waals surface area contributed by atoms with Gasteiger partial charge in [0.2, 0.25) is 0 Å². The Balaban J connectivity index is 2.26. The highest BCUT2D eigenvalue weighted by atomic mass is 16.6. The van der Waals surface area contributed by atoms with Gasteiger partial charge in [-0.2, -0.15) is 0 Å². The topological polar surface area (TPSA) is 63.5 Å². The molecule has 1 saturated heterocycles. The molecule has 0 aliphatic carbocycles. The molecule has 0 saturated carbocycles. The van der Waals surface area contributed by atoms with Crippen molar-refractivity contribution >= 4 is 17.2 Å².